The molecule has 0 amide bonds. The average Bonchev–Trinajstić information content (AvgIpc) is 2.50. The number of anilines is 2. The van der Waals surface area contributed by atoms with Crippen molar-refractivity contribution >= 4 is 46.3 Å². The van der Waals surface area contributed by atoms with E-state index in [1.54, 1.807) is 31.2 Å². The van der Waals surface area contributed by atoms with E-state index in [2.05, 4.69) is 10.6 Å². The van der Waals surface area contributed by atoms with E-state index >= 15 is 0 Å². The Bertz CT molecular complexity index is 691. The van der Waals surface area contributed by atoms with Gasteiger partial charge in [0, 0.05) is 0 Å². The first-order chi connectivity index (χ1) is 10.6. The normalized spacial score (nSPS) is 9.91. The molecule has 0 aliphatic rings. The van der Waals surface area contributed by atoms with Crippen LogP contribution >= 0.6 is 23.8 Å². The molecular formula is C16H15ClN2O2S. The first-order valence-corrected chi connectivity index (χ1v) is 7.49. The highest BCUT2D eigenvalue weighted by Gasteiger charge is 2.12. The number of carbonyl (C=O) groups excluding carboxylic acids is 1. The topological polar surface area (TPSA) is 50.4 Å². The molecule has 2 aromatic rings. The van der Waals surface area contributed by atoms with Gasteiger partial charge in [0.1, 0.15) is 0 Å². The number of hydrogen-bond donors (Lipinski definition) is 2. The predicted molar refractivity (Wildman–Crippen MR) is 93.7 cm³/mol. The molecule has 2 rings (SSSR count). The molecule has 2 aromatic carbocycles. The van der Waals surface area contributed by atoms with Gasteiger partial charge < -0.3 is 15.4 Å². The molecule has 0 bridgehead atoms. The predicted octanol–water partition coefficient (Wildman–Crippen LogP) is 4.33. The van der Waals surface area contributed by atoms with Crippen molar-refractivity contribution < 1.29 is 9.53 Å². The molecule has 0 saturated heterocycles. The Morgan fingerprint density at radius 2 is 1.68 bits per heavy atom. The summed E-state index contributed by atoms with van der Waals surface area (Å²) in [5.41, 5.74) is 1.69. The van der Waals surface area contributed by atoms with E-state index in [-0.39, 0.29) is 0 Å². The van der Waals surface area contributed by atoms with E-state index in [1.807, 2.05) is 24.3 Å². The van der Waals surface area contributed by atoms with Crippen molar-refractivity contribution in [3.05, 3.63) is 59.1 Å². The minimum atomic E-state index is -0.397. The number of halogens is 1. The number of esters is 1. The highest BCUT2D eigenvalue weighted by molar-refractivity contribution is 7.80. The standard InChI is InChI=1S/C16H15ClN2O2S/c1-2-21-15(20)11-7-3-5-9-13(11)18-16(22)19-14-10-6-4-8-12(14)17/h3-10H,2H2,1H3,(H2,18,19,22). The highest BCUT2D eigenvalue weighted by Crippen LogP contribution is 2.21. The van der Waals surface area contributed by atoms with Crippen molar-refractivity contribution in [3.63, 3.8) is 0 Å². The Morgan fingerprint density at radius 3 is 2.36 bits per heavy atom. The third kappa shape index (κ3) is 4.19. The van der Waals surface area contributed by atoms with E-state index in [1.165, 1.54) is 0 Å². The van der Waals surface area contributed by atoms with Gasteiger partial charge in [-0.3, -0.25) is 0 Å². The molecule has 0 heterocycles. The quantitative estimate of drug-likeness (QED) is 0.644. The number of benzene rings is 2. The lowest BCUT2D eigenvalue weighted by atomic mass is 10.2. The van der Waals surface area contributed by atoms with Gasteiger partial charge in [-0.2, -0.15) is 0 Å². The first kappa shape index (κ1) is 16.3. The van der Waals surface area contributed by atoms with Crippen LogP contribution in [-0.2, 0) is 4.74 Å². The van der Waals surface area contributed by atoms with Gasteiger partial charge in [-0.25, -0.2) is 4.79 Å². The molecule has 22 heavy (non-hydrogen) atoms. The van der Waals surface area contributed by atoms with Crippen molar-refractivity contribution in [2.75, 3.05) is 17.2 Å². The van der Waals surface area contributed by atoms with E-state index in [0.29, 0.717) is 33.7 Å². The van der Waals surface area contributed by atoms with Crippen LogP contribution in [0.5, 0.6) is 0 Å². The zero-order chi connectivity index (χ0) is 15.9. The fraction of sp³-hybridized carbons (Fsp3) is 0.125. The summed E-state index contributed by atoms with van der Waals surface area (Å²) in [6.45, 7) is 2.08. The van der Waals surface area contributed by atoms with Gasteiger partial charge in [-0.05, 0) is 43.4 Å². The number of ether oxygens (including phenoxy) is 1. The summed E-state index contributed by atoms with van der Waals surface area (Å²) in [6.07, 6.45) is 0. The lowest BCUT2D eigenvalue weighted by Gasteiger charge is -2.14. The van der Waals surface area contributed by atoms with Crippen LogP contribution in [0.15, 0.2) is 48.5 Å². The van der Waals surface area contributed by atoms with E-state index in [0.717, 1.165) is 0 Å². The maximum atomic E-state index is 11.9. The van der Waals surface area contributed by atoms with Crippen LogP contribution in [0, 0.1) is 0 Å². The lowest BCUT2D eigenvalue weighted by molar-refractivity contribution is 0.0527. The molecule has 0 aromatic heterocycles. The van der Waals surface area contributed by atoms with E-state index < -0.39 is 5.97 Å². The van der Waals surface area contributed by atoms with Gasteiger partial charge in [-0.1, -0.05) is 35.9 Å². The fourth-order valence-electron chi connectivity index (χ4n) is 1.82. The molecule has 0 fully saturated rings. The molecule has 6 heteroatoms. The van der Waals surface area contributed by atoms with Crippen LogP contribution in [0.25, 0.3) is 0 Å². The minimum Gasteiger partial charge on any atom is -0.462 e. The van der Waals surface area contributed by atoms with E-state index in [9.17, 15) is 4.79 Å². The number of para-hydroxylation sites is 2. The number of hydrogen-bond acceptors (Lipinski definition) is 3. The molecule has 4 nitrogen and oxygen atoms in total. The molecule has 0 unspecified atom stereocenters. The van der Waals surface area contributed by atoms with Crippen LogP contribution < -0.4 is 10.6 Å². The van der Waals surface area contributed by atoms with Crippen LogP contribution in [0.1, 0.15) is 17.3 Å². The average molecular weight is 335 g/mol. The Kier molecular flexibility index (Phi) is 5.75. The summed E-state index contributed by atoms with van der Waals surface area (Å²) in [5.74, 6) is -0.397. The molecule has 114 valence electrons. The number of rotatable bonds is 4. The van der Waals surface area contributed by atoms with Crippen molar-refractivity contribution in [1.82, 2.24) is 0 Å². The number of carbonyl (C=O) groups is 1. The third-order valence-electron chi connectivity index (χ3n) is 2.79. The smallest absolute Gasteiger partial charge is 0.340 e. The SMILES string of the molecule is CCOC(=O)c1ccccc1NC(=S)Nc1ccccc1Cl. The molecule has 2 N–H and O–H groups in total. The summed E-state index contributed by atoms with van der Waals surface area (Å²) < 4.78 is 5.02. The van der Waals surface area contributed by atoms with Crippen LogP contribution in [0.2, 0.25) is 5.02 Å². The van der Waals surface area contributed by atoms with Gasteiger partial charge in [0.25, 0.3) is 0 Å². The number of thiocarbonyl (C=S) groups is 1. The van der Waals surface area contributed by atoms with Gasteiger partial charge >= 0.3 is 5.97 Å². The summed E-state index contributed by atoms with van der Waals surface area (Å²) in [6, 6.07) is 14.3. The Labute approximate surface area is 139 Å². The Balaban J connectivity index is 2.12. The zero-order valence-corrected chi connectivity index (χ0v) is 13.5. The Hall–Kier alpha value is -2.11. The number of nitrogens with one attached hydrogen (secondary N) is 2. The largest absolute Gasteiger partial charge is 0.462 e. The fourth-order valence-corrected chi connectivity index (χ4v) is 2.22. The van der Waals surface area contributed by atoms with Crippen molar-refractivity contribution in [1.29, 1.82) is 0 Å². The summed E-state index contributed by atoms with van der Waals surface area (Å²) in [4.78, 5) is 11.9. The van der Waals surface area contributed by atoms with Crippen LogP contribution in [0.4, 0.5) is 11.4 Å². The molecule has 0 saturated carbocycles. The summed E-state index contributed by atoms with van der Waals surface area (Å²) in [5, 5.41) is 6.88. The molecule has 0 atom stereocenters. The molecule has 0 aliphatic heterocycles. The van der Waals surface area contributed by atoms with Crippen molar-refractivity contribution in [2.45, 2.75) is 6.92 Å². The van der Waals surface area contributed by atoms with Crippen molar-refractivity contribution in [2.24, 2.45) is 0 Å². The van der Waals surface area contributed by atoms with Crippen molar-refractivity contribution in [3.8, 4) is 0 Å². The second-order valence-corrected chi connectivity index (χ2v) is 5.14. The third-order valence-corrected chi connectivity index (χ3v) is 3.33. The van der Waals surface area contributed by atoms with Gasteiger partial charge in [-0.15, -0.1) is 0 Å². The molecule has 0 spiro atoms. The maximum Gasteiger partial charge on any atom is 0.340 e. The summed E-state index contributed by atoms with van der Waals surface area (Å²) >= 11 is 11.3. The first-order valence-electron chi connectivity index (χ1n) is 6.70. The summed E-state index contributed by atoms with van der Waals surface area (Å²) in [7, 11) is 0. The van der Waals surface area contributed by atoms with Crippen LogP contribution in [0.3, 0.4) is 0 Å². The highest BCUT2D eigenvalue weighted by atomic mass is 35.5. The minimum absolute atomic E-state index is 0.315. The van der Waals surface area contributed by atoms with Gasteiger partial charge in [0.2, 0.25) is 0 Å². The van der Waals surface area contributed by atoms with Gasteiger partial charge in [0.15, 0.2) is 5.11 Å². The van der Waals surface area contributed by atoms with Gasteiger partial charge in [0.05, 0.1) is 28.6 Å². The monoisotopic (exact) mass is 334 g/mol. The molecular weight excluding hydrogens is 320 g/mol. The molecule has 0 aliphatic carbocycles. The Morgan fingerprint density at radius 1 is 1.09 bits per heavy atom. The zero-order valence-electron chi connectivity index (χ0n) is 11.9. The van der Waals surface area contributed by atoms with E-state index in [4.69, 9.17) is 28.6 Å². The maximum absolute atomic E-state index is 11.9. The second kappa shape index (κ2) is 7.77. The van der Waals surface area contributed by atoms with Crippen LogP contribution in [-0.4, -0.2) is 17.7 Å². The molecule has 0 radical (unpaired) electrons. The second-order valence-electron chi connectivity index (χ2n) is 4.33. The lowest BCUT2D eigenvalue weighted by Crippen LogP contribution is -2.21.